The highest BCUT2D eigenvalue weighted by atomic mass is 16.5. The number of rotatable bonds is 2. The van der Waals surface area contributed by atoms with Crippen molar-refractivity contribution in [3.63, 3.8) is 0 Å². The lowest BCUT2D eigenvalue weighted by atomic mass is 10.2. The third-order valence-electron chi connectivity index (χ3n) is 1.75. The Morgan fingerprint density at radius 3 is 2.00 bits per heavy atom. The van der Waals surface area contributed by atoms with Crippen LogP contribution in [0.15, 0.2) is 12.1 Å². The van der Waals surface area contributed by atoms with Gasteiger partial charge in [-0.3, -0.25) is 0 Å². The lowest BCUT2D eigenvalue weighted by Gasteiger charge is -2.08. The Morgan fingerprint density at radius 2 is 1.64 bits per heavy atom. The molecule has 0 radical (unpaired) electrons. The molecule has 0 heterocycles. The maximum absolute atomic E-state index is 9.58. The Morgan fingerprint density at radius 1 is 1.14 bits per heavy atom. The van der Waals surface area contributed by atoms with E-state index in [-0.39, 0.29) is 5.75 Å². The fourth-order valence-corrected chi connectivity index (χ4v) is 1.11. The highest BCUT2D eigenvalue weighted by molar-refractivity contribution is 5.56. The molecule has 1 aromatic rings. The van der Waals surface area contributed by atoms with E-state index >= 15 is 0 Å². The van der Waals surface area contributed by atoms with Crippen LogP contribution in [-0.4, -0.2) is 19.3 Å². The van der Waals surface area contributed by atoms with Crippen molar-refractivity contribution in [3.05, 3.63) is 17.7 Å². The zero-order chi connectivity index (χ0) is 10.6. The van der Waals surface area contributed by atoms with Gasteiger partial charge in [0.25, 0.3) is 0 Å². The van der Waals surface area contributed by atoms with Crippen molar-refractivity contribution in [2.24, 2.45) is 0 Å². The molecular formula is C11H12O3. The summed E-state index contributed by atoms with van der Waals surface area (Å²) in [6, 6.07) is 3.32. The molecule has 0 fully saturated rings. The molecule has 0 saturated heterocycles. The molecule has 14 heavy (non-hydrogen) atoms. The summed E-state index contributed by atoms with van der Waals surface area (Å²) in [6.07, 6.45) is 0. The van der Waals surface area contributed by atoms with Crippen LogP contribution in [0.25, 0.3) is 0 Å². The van der Waals surface area contributed by atoms with Gasteiger partial charge < -0.3 is 14.6 Å². The quantitative estimate of drug-likeness (QED) is 0.726. The Labute approximate surface area is 83.3 Å². The van der Waals surface area contributed by atoms with Crippen molar-refractivity contribution in [1.82, 2.24) is 0 Å². The van der Waals surface area contributed by atoms with E-state index in [0.29, 0.717) is 11.5 Å². The Kier molecular flexibility index (Phi) is 3.24. The zero-order valence-electron chi connectivity index (χ0n) is 8.42. The van der Waals surface area contributed by atoms with Crippen LogP contribution in [0.1, 0.15) is 12.5 Å². The van der Waals surface area contributed by atoms with Crippen LogP contribution < -0.4 is 9.47 Å². The summed E-state index contributed by atoms with van der Waals surface area (Å²) in [4.78, 5) is 0. The summed E-state index contributed by atoms with van der Waals surface area (Å²) >= 11 is 0. The average molecular weight is 192 g/mol. The summed E-state index contributed by atoms with van der Waals surface area (Å²) in [6.45, 7) is 1.74. The van der Waals surface area contributed by atoms with Gasteiger partial charge in [0, 0.05) is 5.56 Å². The number of hydrogen-bond acceptors (Lipinski definition) is 3. The van der Waals surface area contributed by atoms with Crippen LogP contribution in [0.2, 0.25) is 0 Å². The normalized spacial score (nSPS) is 8.79. The van der Waals surface area contributed by atoms with Crippen LogP contribution in [-0.2, 0) is 0 Å². The van der Waals surface area contributed by atoms with E-state index < -0.39 is 0 Å². The van der Waals surface area contributed by atoms with Crippen LogP contribution in [0.3, 0.4) is 0 Å². The molecule has 0 aliphatic carbocycles. The second-order valence-electron chi connectivity index (χ2n) is 2.60. The molecule has 3 heteroatoms. The van der Waals surface area contributed by atoms with Crippen LogP contribution >= 0.6 is 0 Å². The van der Waals surface area contributed by atoms with Crippen LogP contribution in [0, 0.1) is 11.8 Å². The molecule has 0 spiro atoms. The first kappa shape index (κ1) is 10.3. The van der Waals surface area contributed by atoms with Gasteiger partial charge in [-0.2, -0.15) is 0 Å². The second-order valence-corrected chi connectivity index (χ2v) is 2.60. The topological polar surface area (TPSA) is 38.7 Å². The minimum atomic E-state index is -0.00310. The first-order valence-corrected chi connectivity index (χ1v) is 4.10. The van der Waals surface area contributed by atoms with Gasteiger partial charge >= 0.3 is 0 Å². The van der Waals surface area contributed by atoms with Gasteiger partial charge in [0.15, 0.2) is 11.5 Å². The molecule has 0 amide bonds. The number of hydrogen-bond donors (Lipinski definition) is 1. The molecule has 1 N–H and O–H groups in total. The van der Waals surface area contributed by atoms with Crippen LogP contribution in [0.5, 0.6) is 17.2 Å². The molecule has 1 aromatic carbocycles. The number of benzene rings is 1. The van der Waals surface area contributed by atoms with Gasteiger partial charge in [-0.1, -0.05) is 5.92 Å². The highest BCUT2D eigenvalue weighted by Crippen LogP contribution is 2.36. The maximum atomic E-state index is 9.58. The minimum absolute atomic E-state index is 0.00310. The Hall–Kier alpha value is -1.82. The number of phenols is 1. The summed E-state index contributed by atoms with van der Waals surface area (Å²) in [5, 5.41) is 9.58. The number of methoxy groups -OCH3 is 2. The molecule has 1 rings (SSSR count). The summed E-state index contributed by atoms with van der Waals surface area (Å²) in [5.41, 5.74) is 0.749. The molecule has 0 aliphatic rings. The summed E-state index contributed by atoms with van der Waals surface area (Å²) in [5.74, 6) is 6.35. The number of ether oxygens (including phenoxy) is 2. The molecule has 0 unspecified atom stereocenters. The molecule has 3 nitrogen and oxygen atoms in total. The van der Waals surface area contributed by atoms with Gasteiger partial charge in [0.05, 0.1) is 14.2 Å². The van der Waals surface area contributed by atoms with Gasteiger partial charge in [-0.25, -0.2) is 0 Å². The second kappa shape index (κ2) is 4.43. The van der Waals surface area contributed by atoms with E-state index in [2.05, 4.69) is 11.8 Å². The highest BCUT2D eigenvalue weighted by Gasteiger charge is 2.09. The van der Waals surface area contributed by atoms with Gasteiger partial charge in [0.2, 0.25) is 5.75 Å². The first-order chi connectivity index (χ1) is 6.72. The maximum Gasteiger partial charge on any atom is 0.200 e. The van der Waals surface area contributed by atoms with E-state index in [1.165, 1.54) is 14.2 Å². The number of phenolic OH excluding ortho intramolecular Hbond substituents is 1. The smallest absolute Gasteiger partial charge is 0.200 e. The minimum Gasteiger partial charge on any atom is -0.502 e. The van der Waals surface area contributed by atoms with Crippen molar-refractivity contribution in [1.29, 1.82) is 0 Å². The SMILES string of the molecule is CC#Cc1cc(OC)c(O)c(OC)c1. The predicted octanol–water partition coefficient (Wildman–Crippen LogP) is 1.78. The Balaban J connectivity index is 3.29. The fraction of sp³-hybridized carbons (Fsp3) is 0.273. The van der Waals surface area contributed by atoms with E-state index in [4.69, 9.17) is 9.47 Å². The molecular weight excluding hydrogens is 180 g/mol. The molecule has 0 aliphatic heterocycles. The molecule has 0 atom stereocenters. The van der Waals surface area contributed by atoms with E-state index in [1.54, 1.807) is 19.1 Å². The van der Waals surface area contributed by atoms with Crippen molar-refractivity contribution in [2.45, 2.75) is 6.92 Å². The van der Waals surface area contributed by atoms with Gasteiger partial charge in [-0.15, -0.1) is 5.92 Å². The number of aromatic hydroxyl groups is 1. The summed E-state index contributed by atoms with van der Waals surface area (Å²) in [7, 11) is 2.97. The van der Waals surface area contributed by atoms with E-state index in [0.717, 1.165) is 5.56 Å². The lowest BCUT2D eigenvalue weighted by Crippen LogP contribution is -1.90. The fourth-order valence-electron chi connectivity index (χ4n) is 1.11. The summed E-state index contributed by atoms with van der Waals surface area (Å²) < 4.78 is 9.95. The van der Waals surface area contributed by atoms with Crippen molar-refractivity contribution in [2.75, 3.05) is 14.2 Å². The molecule has 0 aromatic heterocycles. The molecule has 0 saturated carbocycles. The zero-order valence-corrected chi connectivity index (χ0v) is 8.42. The standard InChI is InChI=1S/C11H12O3/c1-4-5-8-6-9(13-2)11(12)10(7-8)14-3/h6-7,12H,1-3H3. The van der Waals surface area contributed by atoms with Crippen molar-refractivity contribution in [3.8, 4) is 29.1 Å². The van der Waals surface area contributed by atoms with Crippen LogP contribution in [0.4, 0.5) is 0 Å². The molecule has 0 bridgehead atoms. The van der Waals surface area contributed by atoms with Crippen molar-refractivity contribution >= 4 is 0 Å². The van der Waals surface area contributed by atoms with Gasteiger partial charge in [-0.05, 0) is 19.1 Å². The first-order valence-electron chi connectivity index (χ1n) is 4.10. The van der Waals surface area contributed by atoms with E-state index in [1.807, 2.05) is 0 Å². The molecule has 74 valence electrons. The lowest BCUT2D eigenvalue weighted by molar-refractivity contribution is 0.339. The monoisotopic (exact) mass is 192 g/mol. The Bertz CT molecular complexity index is 360. The largest absolute Gasteiger partial charge is 0.502 e. The van der Waals surface area contributed by atoms with Crippen molar-refractivity contribution < 1.29 is 14.6 Å². The third kappa shape index (κ3) is 1.91. The van der Waals surface area contributed by atoms with Gasteiger partial charge in [0.1, 0.15) is 0 Å². The average Bonchev–Trinajstić information content (AvgIpc) is 2.20. The van der Waals surface area contributed by atoms with E-state index in [9.17, 15) is 5.11 Å². The predicted molar refractivity (Wildman–Crippen MR) is 53.8 cm³/mol. The third-order valence-corrected chi connectivity index (χ3v) is 1.75.